The second-order valence-electron chi connectivity index (χ2n) is 8.02. The first-order valence-electron chi connectivity index (χ1n) is 13.8. The maximum atomic E-state index is 11.5. The normalized spacial score (nSPS) is 13.3. The Balaban J connectivity index is -0.000000260. The Morgan fingerprint density at radius 1 is 1.12 bits per heavy atom. The number of benzene rings is 2. The molecule has 0 saturated carbocycles. The van der Waals surface area contributed by atoms with Gasteiger partial charge in [0.1, 0.15) is 13.1 Å². The number of rotatable bonds is 5. The Morgan fingerprint density at radius 3 is 2.05 bits per heavy atom. The second-order valence-corrected chi connectivity index (χ2v) is 9.23. The molecule has 1 aliphatic heterocycles. The van der Waals surface area contributed by atoms with E-state index in [1.807, 2.05) is 53.7 Å². The van der Waals surface area contributed by atoms with Crippen molar-refractivity contribution in [2.75, 3.05) is 12.3 Å². The van der Waals surface area contributed by atoms with Gasteiger partial charge in [-0.15, -0.1) is 30.0 Å². The van der Waals surface area contributed by atoms with Crippen LogP contribution in [0, 0.1) is 19.9 Å². The number of allylic oxidation sites excluding steroid dienone is 6. The smallest absolute Gasteiger partial charge is 0.520 e. The molecule has 1 saturated heterocycles. The van der Waals surface area contributed by atoms with E-state index >= 15 is 0 Å². The summed E-state index contributed by atoms with van der Waals surface area (Å²) in [6, 6.07) is 12.7. The number of carbonyl (C=O) groups is 1. The summed E-state index contributed by atoms with van der Waals surface area (Å²) in [5, 5.41) is 12.6. The number of aromatic hydroxyl groups is 1. The van der Waals surface area contributed by atoms with Crippen LogP contribution in [0.2, 0.25) is 0 Å². The SMILES string of the molecule is C=C(C)C.CC.CC.Cc1ccc(C2SCCNC2=O)cc1.[B]c1ccc(/C([C-]=O)=C/C([C-]=C)=C/C)c(O)c1.[CH2-]C.[K+]. The number of phenols is 1. The molecule has 1 fully saturated rings. The van der Waals surface area contributed by atoms with Crippen molar-refractivity contribution < 1.29 is 66.1 Å². The molecule has 0 aliphatic carbocycles. The van der Waals surface area contributed by atoms with E-state index in [4.69, 9.17) is 7.85 Å². The molecule has 3 rings (SSSR count). The minimum absolute atomic E-state index is 0. The molecule has 0 spiro atoms. The predicted octanol–water partition coefficient (Wildman–Crippen LogP) is 4.99. The van der Waals surface area contributed by atoms with Gasteiger partial charge in [-0.25, -0.2) is 0 Å². The van der Waals surface area contributed by atoms with Crippen molar-refractivity contribution in [1.29, 1.82) is 0 Å². The summed E-state index contributed by atoms with van der Waals surface area (Å²) >= 11 is 1.72. The van der Waals surface area contributed by atoms with Crippen LogP contribution in [0.4, 0.5) is 0 Å². The quantitative estimate of drug-likeness (QED) is 0.164. The number of carbonyl (C=O) groups excluding carboxylic acids is 2. The summed E-state index contributed by atoms with van der Waals surface area (Å²) in [7, 11) is 5.51. The van der Waals surface area contributed by atoms with E-state index in [0.29, 0.717) is 16.6 Å². The molecule has 2 aromatic rings. The van der Waals surface area contributed by atoms with Crippen molar-refractivity contribution in [2.24, 2.45) is 0 Å². The van der Waals surface area contributed by atoms with Gasteiger partial charge in [-0.3, -0.25) is 4.79 Å². The van der Waals surface area contributed by atoms with Crippen LogP contribution in [0.3, 0.4) is 0 Å². The van der Waals surface area contributed by atoms with Gasteiger partial charge in [-0.05, 0) is 32.4 Å². The molecule has 2 radical (unpaired) electrons. The van der Waals surface area contributed by atoms with Gasteiger partial charge in [0.25, 0.3) is 0 Å². The Morgan fingerprint density at radius 2 is 1.64 bits per heavy atom. The van der Waals surface area contributed by atoms with Crippen LogP contribution in [-0.4, -0.2) is 37.4 Å². The molecule has 1 unspecified atom stereocenters. The molecule has 1 heterocycles. The molecule has 1 atom stereocenters. The molecule has 4 nitrogen and oxygen atoms in total. The molecule has 0 bridgehead atoms. The van der Waals surface area contributed by atoms with E-state index < -0.39 is 0 Å². The third-order valence-electron chi connectivity index (χ3n) is 4.54. The van der Waals surface area contributed by atoms with Gasteiger partial charge in [0.05, 0.1) is 12.0 Å². The fourth-order valence-electron chi connectivity index (χ4n) is 2.84. The zero-order valence-corrected chi connectivity index (χ0v) is 31.5. The molecule has 42 heavy (non-hydrogen) atoms. The van der Waals surface area contributed by atoms with Gasteiger partial charge in [0.2, 0.25) is 5.91 Å². The van der Waals surface area contributed by atoms with Crippen LogP contribution in [0.1, 0.15) is 77.3 Å². The van der Waals surface area contributed by atoms with Crippen LogP contribution in [0.15, 0.2) is 78.9 Å². The molecule has 1 amide bonds. The summed E-state index contributed by atoms with van der Waals surface area (Å²) in [5.41, 5.74) is 5.20. The summed E-state index contributed by atoms with van der Waals surface area (Å²) in [5.74, 6) is 1.09. The van der Waals surface area contributed by atoms with Gasteiger partial charge in [-0.2, -0.15) is 37.3 Å². The molecule has 1 aliphatic rings. The largest absolute Gasteiger partial charge is 1.00 e. The number of aryl methyl sites for hydroxylation is 1. The van der Waals surface area contributed by atoms with Gasteiger partial charge in [0, 0.05) is 12.3 Å². The van der Waals surface area contributed by atoms with Crippen LogP contribution in [-0.2, 0) is 9.59 Å². The number of thioether (sulfide) groups is 1. The summed E-state index contributed by atoms with van der Waals surface area (Å²) in [6.07, 6.45) is 7.74. The van der Waals surface area contributed by atoms with Gasteiger partial charge in [0.15, 0.2) is 0 Å². The number of nitrogens with one attached hydrogen (secondary N) is 1. The Hall–Kier alpha value is -1.61. The molecule has 2 aromatic carbocycles. The molecule has 2 N–H and O–H groups in total. The number of hydrogen-bond donors (Lipinski definition) is 2. The van der Waals surface area contributed by atoms with Crippen molar-refractivity contribution in [3.8, 4) is 5.75 Å². The van der Waals surface area contributed by atoms with E-state index in [1.165, 1.54) is 17.2 Å². The van der Waals surface area contributed by atoms with E-state index in [2.05, 4.69) is 50.5 Å². The van der Waals surface area contributed by atoms with Crippen LogP contribution < -0.4 is 62.2 Å². The molecular weight excluding hydrogens is 564 g/mol. The molecule has 7 heteroatoms. The second kappa shape index (κ2) is 30.8. The minimum Gasteiger partial charge on any atom is -0.520 e. The van der Waals surface area contributed by atoms with E-state index in [9.17, 15) is 14.7 Å². The Bertz CT molecular complexity index is 1090. The third-order valence-corrected chi connectivity index (χ3v) is 5.80. The van der Waals surface area contributed by atoms with E-state index in [-0.39, 0.29) is 73.9 Å². The average molecular weight is 614 g/mol. The van der Waals surface area contributed by atoms with Crippen LogP contribution in [0.5, 0.6) is 5.75 Å². The van der Waals surface area contributed by atoms with Crippen molar-refractivity contribution in [3.63, 3.8) is 0 Å². The van der Waals surface area contributed by atoms with Crippen molar-refractivity contribution in [1.82, 2.24) is 5.32 Å². The summed E-state index contributed by atoms with van der Waals surface area (Å²) in [4.78, 5) is 22.4. The first kappa shape index (κ1) is 47.3. The van der Waals surface area contributed by atoms with Crippen molar-refractivity contribution in [2.45, 2.75) is 67.6 Å². The summed E-state index contributed by atoms with van der Waals surface area (Å²) < 4.78 is 0. The van der Waals surface area contributed by atoms with E-state index in [1.54, 1.807) is 56.2 Å². The Labute approximate surface area is 305 Å². The predicted molar refractivity (Wildman–Crippen MR) is 183 cm³/mol. The minimum atomic E-state index is -0.0564. The zero-order chi connectivity index (χ0) is 32.4. The van der Waals surface area contributed by atoms with Gasteiger partial charge >= 0.3 is 51.4 Å². The number of phenolic OH excluding ortho intramolecular Hbond substituents is 1. The fraction of sp³-hybridized carbons (Fsp3) is 0.343. The van der Waals surface area contributed by atoms with Gasteiger partial charge in [-0.1, -0.05) is 87.1 Å². The van der Waals surface area contributed by atoms with Gasteiger partial charge < -0.3 is 22.1 Å². The number of hydrogen-bond acceptors (Lipinski definition) is 4. The maximum absolute atomic E-state index is 11.5. The molecular formula is C35H49BKNO3S-2. The molecule has 224 valence electrons. The summed E-state index contributed by atoms with van der Waals surface area (Å²) in [6.45, 7) is 28.7. The monoisotopic (exact) mass is 613 g/mol. The first-order valence-corrected chi connectivity index (χ1v) is 14.8. The standard InChI is InChI=1S/C14H11BO2.C11H13NOS.C4H8.2C2H6.C2H5.K/c1-3-10(4-2)7-11(9-16)13-6-5-12(15)8-14(13)17;1-8-2-4-9(5-3-8)10-11(13)12-6-7-14-10;1-4(2)3;3*1-2;/h4-8,17H,1H2,2H3;2-5,10H,6-7H2,1H3,(H,12,13);1H2,2-3H3;2*1-2H3;1H2,2H3;/q-2;;;;;-1;+1/b10-4+,11-7+;;;;;;. The first-order chi connectivity index (χ1) is 19.6. The van der Waals surface area contributed by atoms with Crippen LogP contribution >= 0.6 is 11.8 Å². The molecule has 0 aromatic heterocycles. The topological polar surface area (TPSA) is 66.4 Å². The van der Waals surface area contributed by atoms with Crippen molar-refractivity contribution in [3.05, 3.63) is 109 Å². The maximum Gasteiger partial charge on any atom is 1.00 e. The van der Waals surface area contributed by atoms with Crippen molar-refractivity contribution >= 4 is 42.8 Å². The number of amides is 1. The average Bonchev–Trinajstić information content (AvgIpc) is 2.98. The Kier molecular flexibility index (Phi) is 34.7. The third kappa shape index (κ3) is 21.1. The zero-order valence-electron chi connectivity index (χ0n) is 27.6. The van der Waals surface area contributed by atoms with Crippen LogP contribution in [0.25, 0.3) is 5.57 Å². The van der Waals surface area contributed by atoms with E-state index in [0.717, 1.165) is 17.9 Å². The fourth-order valence-corrected chi connectivity index (χ4v) is 3.88.